The molecule has 0 N–H and O–H groups in total. The van der Waals surface area contributed by atoms with Gasteiger partial charge in [-0.3, -0.25) is 0 Å². The molecule has 0 amide bonds. The lowest BCUT2D eigenvalue weighted by molar-refractivity contribution is -0.157. The van der Waals surface area contributed by atoms with Crippen molar-refractivity contribution < 1.29 is 14.3 Å². The van der Waals surface area contributed by atoms with E-state index in [1.807, 2.05) is 63.2 Å². The molecule has 0 aromatic heterocycles. The van der Waals surface area contributed by atoms with Crippen molar-refractivity contribution in [1.82, 2.24) is 0 Å². The first kappa shape index (κ1) is 16.1. The van der Waals surface area contributed by atoms with Crippen molar-refractivity contribution in [3.05, 3.63) is 65.7 Å². The highest BCUT2D eigenvalue weighted by Crippen LogP contribution is 2.16. The zero-order chi connectivity index (χ0) is 16.0. The summed E-state index contributed by atoms with van der Waals surface area (Å²) in [4.78, 5) is 11.6. The summed E-state index contributed by atoms with van der Waals surface area (Å²) < 4.78 is 10.6. The van der Waals surface area contributed by atoms with E-state index in [1.165, 1.54) is 11.1 Å². The first-order valence-electron chi connectivity index (χ1n) is 7.40. The number of hydrogen-bond donors (Lipinski definition) is 0. The standard InChI is InChI=1S/C19H22O3/c1-19(2,3)22-18(20)14-21-17-11-9-16(10-12-17)13-15-7-5-4-6-8-15/h4-12H,13-14H2,1-3H3. The molecule has 0 heterocycles. The van der Waals surface area contributed by atoms with Crippen molar-refractivity contribution >= 4 is 5.97 Å². The molecule has 3 heteroatoms. The number of carbonyl (C=O) groups is 1. The van der Waals surface area contributed by atoms with Crippen LogP contribution in [0.1, 0.15) is 31.9 Å². The van der Waals surface area contributed by atoms with Crippen LogP contribution >= 0.6 is 0 Å². The molecular formula is C19H22O3. The second-order valence-corrected chi connectivity index (χ2v) is 6.18. The molecule has 116 valence electrons. The molecule has 0 aliphatic carbocycles. The highest BCUT2D eigenvalue weighted by atomic mass is 16.6. The lowest BCUT2D eigenvalue weighted by Crippen LogP contribution is -2.27. The second-order valence-electron chi connectivity index (χ2n) is 6.18. The molecule has 0 saturated heterocycles. The van der Waals surface area contributed by atoms with Crippen molar-refractivity contribution in [2.45, 2.75) is 32.8 Å². The van der Waals surface area contributed by atoms with Crippen molar-refractivity contribution in [2.75, 3.05) is 6.61 Å². The number of esters is 1. The molecule has 3 nitrogen and oxygen atoms in total. The van der Waals surface area contributed by atoms with E-state index in [0.29, 0.717) is 5.75 Å². The molecule has 0 atom stereocenters. The van der Waals surface area contributed by atoms with Gasteiger partial charge in [-0.2, -0.15) is 0 Å². The van der Waals surface area contributed by atoms with Gasteiger partial charge in [-0.05, 0) is 50.5 Å². The van der Waals surface area contributed by atoms with Crippen LogP contribution in [-0.2, 0) is 16.0 Å². The smallest absolute Gasteiger partial charge is 0.344 e. The van der Waals surface area contributed by atoms with Crippen LogP contribution in [0.2, 0.25) is 0 Å². The molecule has 0 fully saturated rings. The minimum Gasteiger partial charge on any atom is -0.482 e. The number of ether oxygens (including phenoxy) is 2. The Bertz CT molecular complexity index is 595. The molecule has 0 saturated carbocycles. The Hall–Kier alpha value is -2.29. The third kappa shape index (κ3) is 5.60. The van der Waals surface area contributed by atoms with E-state index >= 15 is 0 Å². The largest absolute Gasteiger partial charge is 0.482 e. The van der Waals surface area contributed by atoms with Gasteiger partial charge in [0.15, 0.2) is 6.61 Å². The lowest BCUT2D eigenvalue weighted by Gasteiger charge is -2.19. The van der Waals surface area contributed by atoms with Crippen LogP contribution in [0.25, 0.3) is 0 Å². The fourth-order valence-electron chi connectivity index (χ4n) is 2.05. The van der Waals surface area contributed by atoms with Crippen LogP contribution in [0.15, 0.2) is 54.6 Å². The van der Waals surface area contributed by atoms with Crippen LogP contribution in [0.4, 0.5) is 0 Å². The van der Waals surface area contributed by atoms with Gasteiger partial charge in [-0.25, -0.2) is 4.79 Å². The molecule has 0 bridgehead atoms. The van der Waals surface area contributed by atoms with Crippen LogP contribution in [-0.4, -0.2) is 18.2 Å². The number of carbonyl (C=O) groups excluding carboxylic acids is 1. The molecule has 2 aromatic carbocycles. The van der Waals surface area contributed by atoms with Crippen molar-refractivity contribution in [2.24, 2.45) is 0 Å². The third-order valence-corrected chi connectivity index (χ3v) is 2.95. The third-order valence-electron chi connectivity index (χ3n) is 2.95. The molecular weight excluding hydrogens is 276 g/mol. The Morgan fingerprint density at radius 1 is 0.909 bits per heavy atom. The van der Waals surface area contributed by atoms with Crippen molar-refractivity contribution in [1.29, 1.82) is 0 Å². The number of benzene rings is 2. The Morgan fingerprint density at radius 2 is 1.50 bits per heavy atom. The van der Waals surface area contributed by atoms with Gasteiger partial charge in [0.2, 0.25) is 0 Å². The summed E-state index contributed by atoms with van der Waals surface area (Å²) in [6.07, 6.45) is 0.882. The highest BCUT2D eigenvalue weighted by Gasteiger charge is 2.16. The second kappa shape index (κ2) is 7.12. The van der Waals surface area contributed by atoms with E-state index in [9.17, 15) is 4.79 Å². The maximum atomic E-state index is 11.6. The minimum absolute atomic E-state index is 0.0741. The van der Waals surface area contributed by atoms with Gasteiger partial charge < -0.3 is 9.47 Å². The fraction of sp³-hybridized carbons (Fsp3) is 0.316. The van der Waals surface area contributed by atoms with Crippen LogP contribution in [0.3, 0.4) is 0 Å². The van der Waals surface area contributed by atoms with Crippen molar-refractivity contribution in [3.8, 4) is 5.75 Å². The van der Waals surface area contributed by atoms with Gasteiger partial charge >= 0.3 is 5.97 Å². The van der Waals surface area contributed by atoms with E-state index in [-0.39, 0.29) is 12.6 Å². The van der Waals surface area contributed by atoms with E-state index in [4.69, 9.17) is 9.47 Å². The molecule has 0 aliphatic heterocycles. The van der Waals surface area contributed by atoms with Crippen molar-refractivity contribution in [3.63, 3.8) is 0 Å². The summed E-state index contributed by atoms with van der Waals surface area (Å²) in [5, 5.41) is 0. The van der Waals surface area contributed by atoms with Gasteiger partial charge in [0, 0.05) is 0 Å². The zero-order valence-corrected chi connectivity index (χ0v) is 13.3. The van der Waals surface area contributed by atoms with Gasteiger partial charge in [0.05, 0.1) is 0 Å². The lowest BCUT2D eigenvalue weighted by atomic mass is 10.1. The minimum atomic E-state index is -0.486. The summed E-state index contributed by atoms with van der Waals surface area (Å²) in [7, 11) is 0. The highest BCUT2D eigenvalue weighted by molar-refractivity contribution is 5.71. The molecule has 22 heavy (non-hydrogen) atoms. The quantitative estimate of drug-likeness (QED) is 0.783. The van der Waals surface area contributed by atoms with E-state index in [0.717, 1.165) is 6.42 Å². The molecule has 2 aromatic rings. The molecule has 0 aliphatic rings. The Balaban J connectivity index is 1.86. The maximum Gasteiger partial charge on any atom is 0.344 e. The summed E-state index contributed by atoms with van der Waals surface area (Å²) in [5.41, 5.74) is 1.99. The topological polar surface area (TPSA) is 35.5 Å². The maximum absolute atomic E-state index is 11.6. The summed E-state index contributed by atoms with van der Waals surface area (Å²) >= 11 is 0. The van der Waals surface area contributed by atoms with Gasteiger partial charge in [-0.1, -0.05) is 42.5 Å². The first-order valence-corrected chi connectivity index (χ1v) is 7.40. The Kier molecular flexibility index (Phi) is 5.21. The molecule has 0 unspecified atom stereocenters. The van der Waals surface area contributed by atoms with Gasteiger partial charge in [0.1, 0.15) is 11.4 Å². The van der Waals surface area contributed by atoms with Crippen LogP contribution in [0.5, 0.6) is 5.75 Å². The summed E-state index contributed by atoms with van der Waals surface area (Å²) in [6, 6.07) is 18.1. The predicted octanol–water partition coefficient (Wildman–Crippen LogP) is 4.00. The normalized spacial score (nSPS) is 11.0. The number of hydrogen-bond acceptors (Lipinski definition) is 3. The summed E-state index contributed by atoms with van der Waals surface area (Å²) in [5.74, 6) is 0.309. The zero-order valence-electron chi connectivity index (χ0n) is 13.3. The first-order chi connectivity index (χ1) is 10.4. The molecule has 0 radical (unpaired) electrons. The van der Waals surface area contributed by atoms with E-state index < -0.39 is 5.60 Å². The average Bonchev–Trinajstić information content (AvgIpc) is 2.46. The monoisotopic (exact) mass is 298 g/mol. The van der Waals surface area contributed by atoms with Gasteiger partial charge in [-0.15, -0.1) is 0 Å². The SMILES string of the molecule is CC(C)(C)OC(=O)COc1ccc(Cc2ccccc2)cc1. The van der Waals surface area contributed by atoms with Crippen LogP contribution < -0.4 is 4.74 Å². The average molecular weight is 298 g/mol. The van der Waals surface area contributed by atoms with Crippen LogP contribution in [0, 0.1) is 0 Å². The molecule has 2 rings (SSSR count). The fourth-order valence-corrected chi connectivity index (χ4v) is 2.05. The van der Waals surface area contributed by atoms with Gasteiger partial charge in [0.25, 0.3) is 0 Å². The van der Waals surface area contributed by atoms with E-state index in [2.05, 4.69) is 12.1 Å². The molecule has 0 spiro atoms. The predicted molar refractivity (Wildman–Crippen MR) is 87.0 cm³/mol. The Labute approximate surface area is 131 Å². The Morgan fingerprint density at radius 3 is 2.09 bits per heavy atom. The van der Waals surface area contributed by atoms with E-state index in [1.54, 1.807) is 0 Å². The number of rotatable bonds is 5. The summed E-state index contributed by atoms with van der Waals surface area (Å²) in [6.45, 7) is 5.44.